The molecular formula is C19H14O5. The van der Waals surface area contributed by atoms with Gasteiger partial charge < -0.3 is 13.9 Å². The van der Waals surface area contributed by atoms with Crippen molar-refractivity contribution < 1.29 is 18.7 Å². The van der Waals surface area contributed by atoms with Gasteiger partial charge in [-0.15, -0.1) is 0 Å². The van der Waals surface area contributed by atoms with Gasteiger partial charge in [0.15, 0.2) is 0 Å². The van der Waals surface area contributed by atoms with Crippen molar-refractivity contribution in [1.29, 1.82) is 0 Å². The SMILES string of the molecule is C=CC(=O)OCOc1ccc2cc(-c3ccccc3)c(=O)oc2c1. The van der Waals surface area contributed by atoms with Crippen LogP contribution in [-0.2, 0) is 9.53 Å². The maximum absolute atomic E-state index is 12.2. The minimum absolute atomic E-state index is 0.247. The molecule has 3 rings (SSSR count). The highest BCUT2D eigenvalue weighted by Gasteiger charge is 2.08. The van der Waals surface area contributed by atoms with Gasteiger partial charge in [0.05, 0.1) is 5.56 Å². The first-order valence-corrected chi connectivity index (χ1v) is 7.23. The molecule has 0 spiro atoms. The van der Waals surface area contributed by atoms with Crippen LogP contribution in [0.15, 0.2) is 76.5 Å². The largest absolute Gasteiger partial charge is 0.457 e. The Hall–Kier alpha value is -3.34. The number of ether oxygens (including phenoxy) is 2. The Kier molecular flexibility index (Phi) is 4.43. The number of carbonyl (C=O) groups is 1. The molecule has 120 valence electrons. The van der Waals surface area contributed by atoms with Crippen LogP contribution in [0.25, 0.3) is 22.1 Å². The molecule has 0 N–H and O–H groups in total. The summed E-state index contributed by atoms with van der Waals surface area (Å²) in [6, 6.07) is 16.1. The number of rotatable bonds is 5. The van der Waals surface area contributed by atoms with Crippen LogP contribution in [0.5, 0.6) is 5.75 Å². The smallest absolute Gasteiger partial charge is 0.344 e. The van der Waals surface area contributed by atoms with E-state index in [9.17, 15) is 9.59 Å². The van der Waals surface area contributed by atoms with Gasteiger partial charge in [-0.1, -0.05) is 36.9 Å². The quantitative estimate of drug-likeness (QED) is 0.311. The molecule has 0 atom stereocenters. The van der Waals surface area contributed by atoms with Crippen molar-refractivity contribution in [3.05, 3.63) is 77.7 Å². The number of hydrogen-bond acceptors (Lipinski definition) is 5. The molecule has 0 unspecified atom stereocenters. The van der Waals surface area contributed by atoms with Crippen LogP contribution in [0.2, 0.25) is 0 Å². The number of esters is 1. The Morgan fingerprint density at radius 3 is 2.67 bits per heavy atom. The average molecular weight is 322 g/mol. The van der Waals surface area contributed by atoms with E-state index in [4.69, 9.17) is 13.9 Å². The molecule has 5 heteroatoms. The van der Waals surface area contributed by atoms with E-state index in [-0.39, 0.29) is 6.79 Å². The van der Waals surface area contributed by atoms with Crippen LogP contribution in [0, 0.1) is 0 Å². The molecule has 0 fully saturated rings. The predicted octanol–water partition coefficient (Wildman–Crippen LogP) is 3.53. The summed E-state index contributed by atoms with van der Waals surface area (Å²) in [5.74, 6) is -0.148. The van der Waals surface area contributed by atoms with E-state index in [0.29, 0.717) is 16.9 Å². The number of fused-ring (bicyclic) bond motifs is 1. The highest BCUT2D eigenvalue weighted by Crippen LogP contribution is 2.24. The average Bonchev–Trinajstić information content (AvgIpc) is 2.61. The molecule has 24 heavy (non-hydrogen) atoms. The summed E-state index contributed by atoms with van der Waals surface area (Å²) in [7, 11) is 0. The Bertz CT molecular complexity index is 941. The van der Waals surface area contributed by atoms with Crippen molar-refractivity contribution in [2.24, 2.45) is 0 Å². The minimum Gasteiger partial charge on any atom is -0.457 e. The van der Waals surface area contributed by atoms with Crippen molar-refractivity contribution in [3.8, 4) is 16.9 Å². The van der Waals surface area contributed by atoms with E-state index in [0.717, 1.165) is 17.0 Å². The van der Waals surface area contributed by atoms with Crippen LogP contribution in [0.3, 0.4) is 0 Å². The normalized spacial score (nSPS) is 10.3. The molecule has 0 saturated heterocycles. The van der Waals surface area contributed by atoms with Gasteiger partial charge in [-0.2, -0.15) is 0 Å². The second-order valence-corrected chi connectivity index (χ2v) is 4.94. The van der Waals surface area contributed by atoms with Gasteiger partial charge >= 0.3 is 11.6 Å². The molecule has 2 aromatic carbocycles. The maximum Gasteiger partial charge on any atom is 0.344 e. The summed E-state index contributed by atoms with van der Waals surface area (Å²) in [6.45, 7) is 3.04. The lowest BCUT2D eigenvalue weighted by Crippen LogP contribution is -2.07. The lowest BCUT2D eigenvalue weighted by atomic mass is 10.1. The van der Waals surface area contributed by atoms with Crippen molar-refractivity contribution in [1.82, 2.24) is 0 Å². The molecule has 0 aliphatic heterocycles. The summed E-state index contributed by atoms with van der Waals surface area (Å²) in [4.78, 5) is 23.2. The monoisotopic (exact) mass is 322 g/mol. The molecule has 0 radical (unpaired) electrons. The van der Waals surface area contributed by atoms with E-state index >= 15 is 0 Å². The maximum atomic E-state index is 12.2. The van der Waals surface area contributed by atoms with Crippen LogP contribution in [0.4, 0.5) is 0 Å². The Morgan fingerprint density at radius 2 is 1.92 bits per heavy atom. The van der Waals surface area contributed by atoms with E-state index in [2.05, 4.69) is 6.58 Å². The highest BCUT2D eigenvalue weighted by atomic mass is 16.7. The van der Waals surface area contributed by atoms with E-state index in [1.54, 1.807) is 24.3 Å². The van der Waals surface area contributed by atoms with Gasteiger partial charge in [-0.3, -0.25) is 0 Å². The standard InChI is InChI=1S/C19H14O5/c1-2-18(20)23-12-22-15-9-8-14-10-16(13-6-4-3-5-7-13)19(21)24-17(14)11-15/h2-11H,1,12H2. The first-order valence-electron chi connectivity index (χ1n) is 7.23. The fraction of sp³-hybridized carbons (Fsp3) is 0.0526. The van der Waals surface area contributed by atoms with Gasteiger partial charge in [-0.05, 0) is 23.8 Å². The minimum atomic E-state index is -0.574. The number of benzene rings is 2. The molecule has 1 aromatic heterocycles. The molecule has 1 heterocycles. The summed E-state index contributed by atoms with van der Waals surface area (Å²) in [6.07, 6.45) is 1.05. The van der Waals surface area contributed by atoms with Crippen molar-refractivity contribution in [3.63, 3.8) is 0 Å². The van der Waals surface area contributed by atoms with Crippen LogP contribution >= 0.6 is 0 Å². The van der Waals surface area contributed by atoms with Crippen molar-refractivity contribution in [2.75, 3.05) is 6.79 Å². The molecule has 0 aliphatic rings. The van der Waals surface area contributed by atoms with E-state index in [1.807, 2.05) is 30.3 Å². The third-order valence-corrected chi connectivity index (χ3v) is 3.39. The van der Waals surface area contributed by atoms with Crippen molar-refractivity contribution in [2.45, 2.75) is 0 Å². The van der Waals surface area contributed by atoms with Crippen LogP contribution in [0.1, 0.15) is 0 Å². The van der Waals surface area contributed by atoms with Crippen LogP contribution < -0.4 is 10.4 Å². The molecule has 0 aliphatic carbocycles. The summed E-state index contributed by atoms with van der Waals surface area (Å²) < 4.78 is 15.4. The molecule has 0 bridgehead atoms. The van der Waals surface area contributed by atoms with Gasteiger partial charge in [0.25, 0.3) is 0 Å². The molecule has 0 amide bonds. The Labute approximate surface area is 137 Å². The third-order valence-electron chi connectivity index (χ3n) is 3.39. The van der Waals surface area contributed by atoms with E-state index in [1.165, 1.54) is 0 Å². The summed E-state index contributed by atoms with van der Waals surface area (Å²) in [5, 5.41) is 0.767. The zero-order chi connectivity index (χ0) is 16.9. The van der Waals surface area contributed by atoms with E-state index < -0.39 is 11.6 Å². The second-order valence-electron chi connectivity index (χ2n) is 4.94. The summed E-state index contributed by atoms with van der Waals surface area (Å²) >= 11 is 0. The van der Waals surface area contributed by atoms with Gasteiger partial charge in [-0.25, -0.2) is 9.59 Å². The molecular weight excluding hydrogens is 308 g/mol. The fourth-order valence-electron chi connectivity index (χ4n) is 2.21. The van der Waals surface area contributed by atoms with Crippen LogP contribution in [-0.4, -0.2) is 12.8 Å². The highest BCUT2D eigenvalue weighted by molar-refractivity contribution is 5.83. The van der Waals surface area contributed by atoms with Gasteiger partial charge in [0.1, 0.15) is 11.3 Å². The topological polar surface area (TPSA) is 65.7 Å². The Balaban J connectivity index is 1.88. The predicted molar refractivity (Wildman–Crippen MR) is 89.7 cm³/mol. The third kappa shape index (κ3) is 3.35. The zero-order valence-corrected chi connectivity index (χ0v) is 12.7. The second kappa shape index (κ2) is 6.83. The first-order chi connectivity index (χ1) is 11.7. The molecule has 5 nitrogen and oxygen atoms in total. The lowest BCUT2D eigenvalue weighted by molar-refractivity contribution is -0.144. The number of hydrogen-bond donors (Lipinski definition) is 0. The fourth-order valence-corrected chi connectivity index (χ4v) is 2.21. The first kappa shape index (κ1) is 15.6. The summed E-state index contributed by atoms with van der Waals surface area (Å²) in [5.41, 5.74) is 1.26. The molecule has 3 aromatic rings. The molecule has 0 saturated carbocycles. The Morgan fingerprint density at radius 1 is 1.12 bits per heavy atom. The number of carbonyl (C=O) groups excluding carboxylic acids is 1. The van der Waals surface area contributed by atoms with Crippen molar-refractivity contribution >= 4 is 16.9 Å². The van der Waals surface area contributed by atoms with Gasteiger partial charge in [0, 0.05) is 17.5 Å². The zero-order valence-electron chi connectivity index (χ0n) is 12.7. The lowest BCUT2D eigenvalue weighted by Gasteiger charge is -2.07. The van der Waals surface area contributed by atoms with Gasteiger partial charge in [0.2, 0.25) is 6.79 Å².